The number of hydrogen-bond acceptors (Lipinski definition) is 3. The average molecular weight is 336 g/mol. The van der Waals surface area contributed by atoms with E-state index >= 15 is 0 Å². The molecule has 0 unspecified atom stereocenters. The van der Waals surface area contributed by atoms with Gasteiger partial charge in [-0.25, -0.2) is 0 Å². The summed E-state index contributed by atoms with van der Waals surface area (Å²) >= 11 is 0. The van der Waals surface area contributed by atoms with Crippen LogP contribution in [0, 0.1) is 5.41 Å². The van der Waals surface area contributed by atoms with E-state index in [0.717, 1.165) is 11.1 Å². The molecular weight excluding hydrogens is 312 g/mol. The minimum atomic E-state index is -0.947. The predicted octanol–water partition coefficient (Wildman–Crippen LogP) is 4.74. The normalized spacial score (nSPS) is 35.4. The van der Waals surface area contributed by atoms with Gasteiger partial charge in [-0.1, -0.05) is 74.5 Å². The van der Waals surface area contributed by atoms with Crippen LogP contribution < -0.4 is 0 Å². The molecule has 25 heavy (non-hydrogen) atoms. The molecule has 0 radical (unpaired) electrons. The van der Waals surface area contributed by atoms with Crippen LogP contribution in [0.5, 0.6) is 0 Å². The van der Waals surface area contributed by atoms with Gasteiger partial charge in [0.1, 0.15) is 5.60 Å². The van der Waals surface area contributed by atoms with Gasteiger partial charge in [0.25, 0.3) is 0 Å². The van der Waals surface area contributed by atoms with Gasteiger partial charge in [0, 0.05) is 12.7 Å². The van der Waals surface area contributed by atoms with E-state index in [-0.39, 0.29) is 0 Å². The summed E-state index contributed by atoms with van der Waals surface area (Å²) in [5.41, 5.74) is 0.308. The molecule has 3 nitrogen and oxygen atoms in total. The molecule has 0 aliphatic carbocycles. The summed E-state index contributed by atoms with van der Waals surface area (Å²) in [6, 6.07) is 20.6. The molecule has 0 N–H and O–H groups in total. The van der Waals surface area contributed by atoms with E-state index in [4.69, 9.17) is 14.2 Å². The molecule has 0 amide bonds. The molecule has 1 saturated heterocycles. The zero-order chi connectivity index (χ0) is 17.8. The van der Waals surface area contributed by atoms with Crippen molar-refractivity contribution in [1.82, 2.24) is 0 Å². The Labute approximate surface area is 149 Å². The summed E-state index contributed by atoms with van der Waals surface area (Å²) in [4.78, 5) is 0. The average Bonchev–Trinajstić information content (AvgIpc) is 2.74. The van der Waals surface area contributed by atoms with Gasteiger partial charge in [-0.15, -0.1) is 0 Å². The molecule has 0 spiro atoms. The Bertz CT molecular complexity index is 799. The Hall–Kier alpha value is -2.10. The zero-order valence-electron chi connectivity index (χ0n) is 15.2. The molecular formula is C22H24O3. The lowest BCUT2D eigenvalue weighted by molar-refractivity contribution is -0.279. The number of benzene rings is 2. The van der Waals surface area contributed by atoms with Crippen LogP contribution in [0.3, 0.4) is 0 Å². The van der Waals surface area contributed by atoms with Crippen LogP contribution in [-0.4, -0.2) is 12.9 Å². The Morgan fingerprint density at radius 3 is 1.92 bits per heavy atom. The molecule has 3 heteroatoms. The summed E-state index contributed by atoms with van der Waals surface area (Å²) in [6.07, 6.45) is 3.79. The fourth-order valence-electron chi connectivity index (χ4n) is 4.82. The van der Waals surface area contributed by atoms with Gasteiger partial charge >= 0.3 is 0 Å². The van der Waals surface area contributed by atoms with Gasteiger partial charge in [0.05, 0.1) is 11.7 Å². The molecule has 2 aliphatic rings. The van der Waals surface area contributed by atoms with Crippen LogP contribution in [0.1, 0.15) is 31.9 Å². The molecule has 0 aromatic heterocycles. The van der Waals surface area contributed by atoms with E-state index in [0.29, 0.717) is 0 Å². The fraction of sp³-hybridized carbons (Fsp3) is 0.364. The third-order valence-corrected chi connectivity index (χ3v) is 6.12. The first-order valence-electron chi connectivity index (χ1n) is 8.65. The van der Waals surface area contributed by atoms with Crippen molar-refractivity contribution in [1.29, 1.82) is 0 Å². The van der Waals surface area contributed by atoms with E-state index in [1.165, 1.54) is 0 Å². The summed E-state index contributed by atoms with van der Waals surface area (Å²) in [5, 5.41) is 0. The molecule has 2 aliphatic heterocycles. The van der Waals surface area contributed by atoms with Gasteiger partial charge < -0.3 is 14.2 Å². The van der Waals surface area contributed by atoms with Crippen LogP contribution in [0.4, 0.5) is 0 Å². The molecule has 1 fully saturated rings. The smallest absolute Gasteiger partial charge is 0.211 e. The standard InChI is InChI=1S/C22H24O3/c1-19(2)21(17-11-7-5-8-12-17)15-16-24-22(19,20(3,23-4)25-21)18-13-9-6-10-14-18/h5-16H,1-4H3/t20-,21+,22+/m0/s1. The first-order valence-corrected chi connectivity index (χ1v) is 8.65. The highest BCUT2D eigenvalue weighted by atomic mass is 16.7. The van der Waals surface area contributed by atoms with E-state index in [1.807, 2.05) is 49.4 Å². The van der Waals surface area contributed by atoms with Crippen molar-refractivity contribution < 1.29 is 14.2 Å². The topological polar surface area (TPSA) is 27.7 Å². The Kier molecular flexibility index (Phi) is 3.40. The van der Waals surface area contributed by atoms with Crippen molar-refractivity contribution in [3.05, 3.63) is 84.1 Å². The first-order chi connectivity index (χ1) is 11.9. The highest BCUT2D eigenvalue weighted by Gasteiger charge is 2.78. The molecule has 2 bridgehead atoms. The quantitative estimate of drug-likeness (QED) is 0.810. The van der Waals surface area contributed by atoms with Crippen LogP contribution in [-0.2, 0) is 25.4 Å². The third-order valence-electron chi connectivity index (χ3n) is 6.12. The second-order valence-corrected chi connectivity index (χ2v) is 7.45. The van der Waals surface area contributed by atoms with Gasteiger partial charge in [-0.2, -0.15) is 0 Å². The zero-order valence-corrected chi connectivity index (χ0v) is 15.2. The minimum absolute atomic E-state index is 0.414. The van der Waals surface area contributed by atoms with E-state index in [2.05, 4.69) is 38.1 Å². The van der Waals surface area contributed by atoms with Gasteiger partial charge in [-0.05, 0) is 18.6 Å². The second kappa shape index (κ2) is 5.20. The fourth-order valence-corrected chi connectivity index (χ4v) is 4.82. The maximum absolute atomic E-state index is 6.73. The molecule has 0 saturated carbocycles. The highest BCUT2D eigenvalue weighted by molar-refractivity contribution is 5.43. The van der Waals surface area contributed by atoms with Crippen LogP contribution in [0.15, 0.2) is 73.0 Å². The van der Waals surface area contributed by atoms with Crippen molar-refractivity contribution in [3.8, 4) is 0 Å². The summed E-state index contributed by atoms with van der Waals surface area (Å²) in [7, 11) is 1.68. The lowest BCUT2D eigenvalue weighted by Crippen LogP contribution is -2.57. The molecule has 2 aromatic rings. The number of rotatable bonds is 3. The third kappa shape index (κ3) is 1.77. The summed E-state index contributed by atoms with van der Waals surface area (Å²) in [6.45, 7) is 6.36. The van der Waals surface area contributed by atoms with Crippen molar-refractivity contribution in [3.63, 3.8) is 0 Å². The van der Waals surface area contributed by atoms with Crippen LogP contribution >= 0.6 is 0 Å². The maximum atomic E-state index is 6.73. The SMILES string of the molecule is CO[C@@]1(C)O[C@@]2(c3ccccc3)C=CO[C@]1(c1ccccc1)C2(C)C. The van der Waals surface area contributed by atoms with Crippen molar-refractivity contribution >= 4 is 0 Å². The lowest BCUT2D eigenvalue weighted by atomic mass is 9.58. The highest BCUT2D eigenvalue weighted by Crippen LogP contribution is 2.70. The largest absolute Gasteiger partial charge is 0.484 e. The second-order valence-electron chi connectivity index (χ2n) is 7.45. The molecule has 2 heterocycles. The molecule has 4 rings (SSSR count). The van der Waals surface area contributed by atoms with Crippen molar-refractivity contribution in [2.45, 2.75) is 37.8 Å². The van der Waals surface area contributed by atoms with Crippen molar-refractivity contribution in [2.24, 2.45) is 5.41 Å². The monoisotopic (exact) mass is 336 g/mol. The maximum Gasteiger partial charge on any atom is 0.211 e. The summed E-state index contributed by atoms with van der Waals surface area (Å²) in [5.74, 6) is -0.947. The van der Waals surface area contributed by atoms with Crippen LogP contribution in [0.2, 0.25) is 0 Å². The molecule has 130 valence electrons. The summed E-state index contributed by atoms with van der Waals surface area (Å²) < 4.78 is 19.1. The Morgan fingerprint density at radius 2 is 1.36 bits per heavy atom. The lowest BCUT2D eigenvalue weighted by Gasteiger charge is -2.50. The van der Waals surface area contributed by atoms with E-state index in [9.17, 15) is 0 Å². The first kappa shape index (κ1) is 16.4. The number of ether oxygens (including phenoxy) is 3. The number of hydrogen-bond donors (Lipinski definition) is 0. The minimum Gasteiger partial charge on any atom is -0.484 e. The van der Waals surface area contributed by atoms with E-state index < -0.39 is 22.4 Å². The molecule has 3 atom stereocenters. The van der Waals surface area contributed by atoms with Crippen LogP contribution in [0.25, 0.3) is 0 Å². The van der Waals surface area contributed by atoms with Gasteiger partial charge in [0.15, 0.2) is 5.60 Å². The number of methoxy groups -OCH3 is 1. The predicted molar refractivity (Wildman–Crippen MR) is 96.7 cm³/mol. The van der Waals surface area contributed by atoms with Gasteiger partial charge in [-0.3, -0.25) is 0 Å². The Morgan fingerprint density at radius 1 is 0.800 bits per heavy atom. The van der Waals surface area contributed by atoms with Crippen molar-refractivity contribution in [2.75, 3.05) is 7.11 Å². The van der Waals surface area contributed by atoms with Gasteiger partial charge in [0.2, 0.25) is 5.79 Å². The Balaban J connectivity index is 2.04. The molecule has 2 aromatic carbocycles. The van der Waals surface area contributed by atoms with E-state index in [1.54, 1.807) is 13.4 Å². The number of fused-ring (bicyclic) bond motifs is 2.